The van der Waals surface area contributed by atoms with Crippen LogP contribution in [-0.4, -0.2) is 11.5 Å². The van der Waals surface area contributed by atoms with E-state index >= 15 is 0 Å². The highest BCUT2D eigenvalue weighted by molar-refractivity contribution is 6.30. The summed E-state index contributed by atoms with van der Waals surface area (Å²) in [5.41, 5.74) is 2.74. The molecule has 0 amide bonds. The minimum Gasteiger partial charge on any atom is -0.310 e. The molecule has 0 aliphatic rings. The molecule has 0 aliphatic heterocycles. The van der Waals surface area contributed by atoms with E-state index in [1.165, 1.54) is 6.07 Å². The second kappa shape index (κ2) is 6.82. The molecule has 0 aliphatic carbocycles. The Balaban J connectivity index is 2.25. The van der Waals surface area contributed by atoms with Crippen molar-refractivity contribution in [3.05, 3.63) is 64.2 Å². The van der Waals surface area contributed by atoms with Crippen LogP contribution in [0.2, 0.25) is 5.02 Å². The van der Waals surface area contributed by atoms with Crippen molar-refractivity contribution >= 4 is 11.6 Å². The molecule has 1 aromatic carbocycles. The van der Waals surface area contributed by atoms with Crippen LogP contribution in [-0.2, 0) is 6.42 Å². The number of hydrogen-bond donors (Lipinski definition) is 1. The topological polar surface area (TPSA) is 24.9 Å². The van der Waals surface area contributed by atoms with Gasteiger partial charge in [-0.2, -0.15) is 0 Å². The molecule has 1 N–H and O–H groups in total. The Morgan fingerprint density at radius 3 is 2.75 bits per heavy atom. The second-order valence-corrected chi connectivity index (χ2v) is 5.22. The summed E-state index contributed by atoms with van der Waals surface area (Å²) in [5.74, 6) is -0.258. The lowest BCUT2D eigenvalue weighted by Crippen LogP contribution is -2.23. The zero-order chi connectivity index (χ0) is 14.5. The highest BCUT2D eigenvalue weighted by Crippen LogP contribution is 2.22. The third-order valence-electron chi connectivity index (χ3n) is 3.21. The SMILES string of the molecule is CCNC(Cc1ccc(Cl)cc1F)c1ccnc(C)c1. The first-order valence-corrected chi connectivity index (χ1v) is 7.07. The van der Waals surface area contributed by atoms with Gasteiger partial charge in [0.1, 0.15) is 5.82 Å². The molecule has 2 aromatic rings. The summed E-state index contributed by atoms with van der Waals surface area (Å²) in [7, 11) is 0. The van der Waals surface area contributed by atoms with Crippen molar-refractivity contribution in [2.24, 2.45) is 0 Å². The maximum absolute atomic E-state index is 13.9. The van der Waals surface area contributed by atoms with E-state index in [0.717, 1.165) is 17.8 Å². The maximum Gasteiger partial charge on any atom is 0.127 e. The lowest BCUT2D eigenvalue weighted by atomic mass is 9.98. The van der Waals surface area contributed by atoms with E-state index in [0.29, 0.717) is 17.0 Å². The van der Waals surface area contributed by atoms with E-state index in [4.69, 9.17) is 11.6 Å². The maximum atomic E-state index is 13.9. The van der Waals surface area contributed by atoms with Crippen LogP contribution in [0.25, 0.3) is 0 Å². The quantitative estimate of drug-likeness (QED) is 0.898. The van der Waals surface area contributed by atoms with E-state index in [2.05, 4.69) is 10.3 Å². The molecule has 0 radical (unpaired) electrons. The Kier molecular flexibility index (Phi) is 5.10. The number of aryl methyl sites for hydroxylation is 1. The number of nitrogens with one attached hydrogen (secondary N) is 1. The van der Waals surface area contributed by atoms with Gasteiger partial charge in [-0.15, -0.1) is 0 Å². The molecule has 0 bridgehead atoms. The average molecular weight is 293 g/mol. The van der Waals surface area contributed by atoms with E-state index in [1.54, 1.807) is 18.3 Å². The minimum absolute atomic E-state index is 0.0670. The molecular weight excluding hydrogens is 275 g/mol. The van der Waals surface area contributed by atoms with Crippen molar-refractivity contribution in [3.8, 4) is 0 Å². The fourth-order valence-electron chi connectivity index (χ4n) is 2.25. The lowest BCUT2D eigenvalue weighted by molar-refractivity contribution is 0.527. The minimum atomic E-state index is -0.258. The predicted octanol–water partition coefficient (Wildman–Crippen LogP) is 4.08. The summed E-state index contributed by atoms with van der Waals surface area (Å²) in [5, 5.41) is 3.81. The average Bonchev–Trinajstić information content (AvgIpc) is 2.41. The highest BCUT2D eigenvalue weighted by Gasteiger charge is 2.14. The zero-order valence-electron chi connectivity index (χ0n) is 11.7. The number of aromatic nitrogens is 1. The summed E-state index contributed by atoms with van der Waals surface area (Å²) >= 11 is 5.79. The van der Waals surface area contributed by atoms with Crippen LogP contribution >= 0.6 is 11.6 Å². The summed E-state index contributed by atoms with van der Waals surface area (Å²) in [6, 6.07) is 8.89. The van der Waals surface area contributed by atoms with Gasteiger partial charge >= 0.3 is 0 Å². The predicted molar refractivity (Wildman–Crippen MR) is 80.5 cm³/mol. The molecule has 1 heterocycles. The summed E-state index contributed by atoms with van der Waals surface area (Å²) < 4.78 is 13.9. The van der Waals surface area contributed by atoms with Gasteiger partial charge in [-0.1, -0.05) is 24.6 Å². The Hall–Kier alpha value is -1.45. The van der Waals surface area contributed by atoms with Gasteiger partial charge in [0, 0.05) is 23.0 Å². The van der Waals surface area contributed by atoms with Crippen LogP contribution in [0.4, 0.5) is 4.39 Å². The first kappa shape index (κ1) is 14.9. The molecule has 106 valence electrons. The number of halogens is 2. The third kappa shape index (κ3) is 3.78. The highest BCUT2D eigenvalue weighted by atomic mass is 35.5. The Labute approximate surface area is 124 Å². The molecule has 0 saturated carbocycles. The number of hydrogen-bond acceptors (Lipinski definition) is 2. The monoisotopic (exact) mass is 292 g/mol. The summed E-state index contributed by atoms with van der Waals surface area (Å²) in [6.07, 6.45) is 2.37. The third-order valence-corrected chi connectivity index (χ3v) is 3.45. The van der Waals surface area contributed by atoms with E-state index in [1.807, 2.05) is 26.0 Å². The van der Waals surface area contributed by atoms with Crippen molar-refractivity contribution in [2.45, 2.75) is 26.3 Å². The summed E-state index contributed by atoms with van der Waals surface area (Å²) in [6.45, 7) is 4.82. The number of pyridine rings is 1. The molecule has 4 heteroatoms. The van der Waals surface area contributed by atoms with Gasteiger partial charge in [0.2, 0.25) is 0 Å². The van der Waals surface area contributed by atoms with Crippen LogP contribution < -0.4 is 5.32 Å². The number of likely N-dealkylation sites (N-methyl/N-ethyl adjacent to an activating group) is 1. The molecule has 0 saturated heterocycles. The van der Waals surface area contributed by atoms with Gasteiger partial charge in [-0.25, -0.2) is 4.39 Å². The molecule has 1 aromatic heterocycles. The van der Waals surface area contributed by atoms with Crippen LogP contribution in [0, 0.1) is 12.7 Å². The van der Waals surface area contributed by atoms with Gasteiger partial charge in [0.25, 0.3) is 0 Å². The van der Waals surface area contributed by atoms with Crippen LogP contribution in [0.3, 0.4) is 0 Å². The molecule has 2 nitrogen and oxygen atoms in total. The summed E-state index contributed by atoms with van der Waals surface area (Å²) in [4.78, 5) is 4.20. The van der Waals surface area contributed by atoms with E-state index in [-0.39, 0.29) is 11.9 Å². The smallest absolute Gasteiger partial charge is 0.127 e. The van der Waals surface area contributed by atoms with Gasteiger partial charge in [-0.3, -0.25) is 4.98 Å². The zero-order valence-corrected chi connectivity index (χ0v) is 12.4. The first-order valence-electron chi connectivity index (χ1n) is 6.70. The Bertz CT molecular complexity index is 586. The number of benzene rings is 1. The van der Waals surface area contributed by atoms with Crippen molar-refractivity contribution in [1.82, 2.24) is 10.3 Å². The largest absolute Gasteiger partial charge is 0.310 e. The van der Waals surface area contributed by atoms with Crippen molar-refractivity contribution in [3.63, 3.8) is 0 Å². The Morgan fingerprint density at radius 1 is 1.30 bits per heavy atom. The first-order chi connectivity index (χ1) is 9.60. The van der Waals surface area contributed by atoms with E-state index < -0.39 is 0 Å². The molecule has 1 unspecified atom stereocenters. The normalized spacial score (nSPS) is 12.4. The molecular formula is C16H18ClFN2. The molecule has 2 rings (SSSR count). The fraction of sp³-hybridized carbons (Fsp3) is 0.312. The van der Waals surface area contributed by atoms with Crippen molar-refractivity contribution < 1.29 is 4.39 Å². The van der Waals surface area contributed by atoms with Crippen molar-refractivity contribution in [1.29, 1.82) is 0 Å². The van der Waals surface area contributed by atoms with Gasteiger partial charge in [-0.05, 0) is 55.3 Å². The molecule has 20 heavy (non-hydrogen) atoms. The van der Waals surface area contributed by atoms with E-state index in [9.17, 15) is 4.39 Å². The second-order valence-electron chi connectivity index (χ2n) is 4.78. The van der Waals surface area contributed by atoms with Gasteiger partial charge in [0.15, 0.2) is 0 Å². The number of rotatable bonds is 5. The lowest BCUT2D eigenvalue weighted by Gasteiger charge is -2.19. The van der Waals surface area contributed by atoms with Gasteiger partial charge < -0.3 is 5.32 Å². The fourth-order valence-corrected chi connectivity index (χ4v) is 2.40. The Morgan fingerprint density at radius 2 is 2.10 bits per heavy atom. The van der Waals surface area contributed by atoms with Crippen LogP contribution in [0.15, 0.2) is 36.5 Å². The number of nitrogens with zero attached hydrogens (tertiary/aromatic N) is 1. The van der Waals surface area contributed by atoms with Crippen LogP contribution in [0.5, 0.6) is 0 Å². The van der Waals surface area contributed by atoms with Crippen LogP contribution in [0.1, 0.15) is 29.8 Å². The molecule has 1 atom stereocenters. The van der Waals surface area contributed by atoms with Gasteiger partial charge in [0.05, 0.1) is 0 Å². The molecule has 0 fully saturated rings. The van der Waals surface area contributed by atoms with Crippen molar-refractivity contribution in [2.75, 3.05) is 6.54 Å². The standard InChI is InChI=1S/C16H18ClFN2/c1-3-19-16(13-6-7-20-11(2)8-13)9-12-4-5-14(17)10-15(12)18/h4-8,10,16,19H,3,9H2,1-2H3. The molecule has 0 spiro atoms.